The Morgan fingerprint density at radius 1 is 0.210 bits per heavy atom. The fourth-order valence-electron chi connectivity index (χ4n) is 5.07. The van der Waals surface area contributed by atoms with Gasteiger partial charge in [-0.05, 0) is 97.1 Å². The van der Waals surface area contributed by atoms with Crippen LogP contribution in [0.3, 0.4) is 0 Å². The predicted molar refractivity (Wildman–Crippen MR) is 237 cm³/mol. The van der Waals surface area contributed by atoms with E-state index in [9.17, 15) is 0 Å². The first-order valence-corrected chi connectivity index (χ1v) is 19.5. The summed E-state index contributed by atoms with van der Waals surface area (Å²) in [6.45, 7) is 5.20. The van der Waals surface area contributed by atoms with E-state index >= 15 is 0 Å². The molecule has 0 aliphatic carbocycles. The zero-order valence-corrected chi connectivity index (χ0v) is 36.4. The third-order valence-corrected chi connectivity index (χ3v) is 8.00. The fraction of sp³-hybridized carbons (Fsp3) is 0.167. The van der Waals surface area contributed by atoms with E-state index in [2.05, 4.69) is 61.1 Å². The molecule has 8 aromatic heterocycles. The van der Waals surface area contributed by atoms with Crippen molar-refractivity contribution in [3.8, 4) is 0 Å². The molecule has 0 aliphatic heterocycles. The molecule has 0 bridgehead atoms. The average molecular weight is 905 g/mol. The van der Waals surface area contributed by atoms with Crippen molar-refractivity contribution in [2.45, 2.75) is 52.4 Å². The third kappa shape index (κ3) is 22.6. The summed E-state index contributed by atoms with van der Waals surface area (Å²) in [7, 11) is 0. The van der Waals surface area contributed by atoms with Crippen molar-refractivity contribution < 1.29 is 34.1 Å². The van der Waals surface area contributed by atoms with Crippen LogP contribution in [0.25, 0.3) is 21.3 Å². The van der Waals surface area contributed by atoms with Gasteiger partial charge in [0.2, 0.25) is 0 Å². The van der Waals surface area contributed by atoms with Crippen LogP contribution in [0.1, 0.15) is 45.6 Å². The van der Waals surface area contributed by atoms with Crippen LogP contribution >= 0.6 is 0 Å². The zero-order valence-electron chi connectivity index (χ0n) is 34.2. The van der Waals surface area contributed by atoms with Crippen molar-refractivity contribution in [1.82, 2.24) is 39.9 Å². The number of hydrogen-bond donors (Lipinski definition) is 0. The Bertz CT molecular complexity index is 1720. The van der Waals surface area contributed by atoms with Crippen LogP contribution in [0.4, 0.5) is 0 Å². The predicted octanol–water partition coefficient (Wildman–Crippen LogP) is 10.2. The van der Waals surface area contributed by atoms with Crippen LogP contribution in [-0.4, -0.2) is 39.9 Å². The minimum atomic E-state index is 0. The minimum Gasteiger partial charge on any atom is -0.652 e. The second-order valence-electron chi connectivity index (χ2n) is 12.7. The maximum atomic E-state index is 4.39. The quantitative estimate of drug-likeness (QED) is 0.0867. The number of nitrogens with zero attached hydrogens (tertiary/aromatic N) is 12. The van der Waals surface area contributed by atoms with E-state index in [1.54, 1.807) is 49.6 Å². The van der Waals surface area contributed by atoms with Crippen molar-refractivity contribution in [2.75, 3.05) is 0 Å². The third-order valence-electron chi connectivity index (χ3n) is 8.00. The van der Waals surface area contributed by atoms with Gasteiger partial charge in [0.25, 0.3) is 0 Å². The van der Waals surface area contributed by atoms with Gasteiger partial charge in [-0.1, -0.05) is 48.5 Å². The van der Waals surface area contributed by atoms with Crippen LogP contribution in [0.15, 0.2) is 195 Å². The molecule has 0 saturated heterocycles. The molecule has 0 N–H and O–H groups in total. The Morgan fingerprint density at radius 3 is 0.435 bits per heavy atom. The molecule has 0 saturated carbocycles. The number of rotatable bonds is 16. The summed E-state index contributed by atoms with van der Waals surface area (Å²) < 4.78 is 0. The van der Waals surface area contributed by atoms with Gasteiger partial charge >= 0.3 is 34.1 Å². The smallest absolute Gasteiger partial charge is 0.652 e. The Morgan fingerprint density at radius 2 is 0.339 bits per heavy atom. The molecule has 0 spiro atoms. The van der Waals surface area contributed by atoms with E-state index in [-0.39, 0.29) is 34.1 Å². The van der Waals surface area contributed by atoms with Gasteiger partial charge in [0.1, 0.15) is 0 Å². The van der Waals surface area contributed by atoms with Crippen molar-refractivity contribution in [3.05, 3.63) is 262 Å². The maximum Gasteiger partial charge on any atom is 2.00 e. The van der Waals surface area contributed by atoms with Crippen LogP contribution in [0, 0.1) is 0 Å². The van der Waals surface area contributed by atoms with Crippen molar-refractivity contribution in [1.29, 1.82) is 0 Å². The van der Waals surface area contributed by atoms with Crippen LogP contribution in [0.5, 0.6) is 0 Å². The Balaban J connectivity index is 0.000000218. The Kier molecular flexibility index (Phi) is 26.7. The van der Waals surface area contributed by atoms with E-state index < -0.39 is 0 Å². The summed E-state index contributed by atoms with van der Waals surface area (Å²) in [5.74, 6) is 0. The van der Waals surface area contributed by atoms with Crippen LogP contribution in [-0.2, 0) is 86.5 Å². The van der Waals surface area contributed by atoms with Gasteiger partial charge in [0.15, 0.2) is 0 Å². The minimum absolute atomic E-state index is 0. The summed E-state index contributed by atoms with van der Waals surface area (Å²) in [4.78, 5) is 33.6. The standard InChI is InChI=1S/4C12H12N3.2Fe/c4*1-3-7-14-11(5-1)9-13-10-12-6-2-4-8-15-12;;/h4*1-8H,9-10H2;;/q4*-1;2*+2. The molecule has 0 atom stereocenters. The van der Waals surface area contributed by atoms with Gasteiger partial charge in [-0.25, -0.2) is 0 Å². The van der Waals surface area contributed by atoms with Crippen molar-refractivity contribution in [3.63, 3.8) is 0 Å². The SMILES string of the molecule is [Fe+2].[Fe+2].c1ccc(C[N-]Cc2ccccn2)nc1.c1ccc(C[N-]Cc2ccccn2)nc1.c1ccc(C[N-]Cc2ccccn2)nc1.c1ccc(C[N-]Cc2ccccn2)nc1. The Labute approximate surface area is 386 Å². The van der Waals surface area contributed by atoms with Gasteiger partial charge < -0.3 is 21.3 Å². The summed E-state index contributed by atoms with van der Waals surface area (Å²) in [5, 5.41) is 17.5. The topological polar surface area (TPSA) is 160 Å². The first-order valence-electron chi connectivity index (χ1n) is 19.5. The summed E-state index contributed by atoms with van der Waals surface area (Å²) in [6.07, 6.45) is 14.3. The number of aromatic nitrogens is 8. The first kappa shape index (κ1) is 50.4. The molecule has 0 radical (unpaired) electrons. The van der Waals surface area contributed by atoms with Gasteiger partial charge in [-0.2, -0.15) is 0 Å². The molecule has 14 heteroatoms. The number of pyridine rings is 8. The summed E-state index contributed by atoms with van der Waals surface area (Å²) >= 11 is 0. The normalized spacial score (nSPS) is 9.81. The van der Waals surface area contributed by atoms with Crippen molar-refractivity contribution >= 4 is 0 Å². The molecular weight excluding hydrogens is 856 g/mol. The molecule has 8 heterocycles. The van der Waals surface area contributed by atoms with Gasteiger partial charge in [0.05, 0.1) is 0 Å². The average Bonchev–Trinajstić information content (AvgIpc) is 3.33. The molecule has 316 valence electrons. The largest absolute Gasteiger partial charge is 2.00 e. The van der Waals surface area contributed by atoms with E-state index in [1.165, 1.54) is 0 Å². The molecule has 0 amide bonds. The fourth-order valence-corrected chi connectivity index (χ4v) is 5.07. The maximum absolute atomic E-state index is 4.39. The second-order valence-corrected chi connectivity index (χ2v) is 12.7. The molecule has 12 nitrogen and oxygen atoms in total. The first-order chi connectivity index (χ1) is 29.8. The van der Waals surface area contributed by atoms with E-state index in [4.69, 9.17) is 0 Å². The molecule has 0 aromatic carbocycles. The van der Waals surface area contributed by atoms with Crippen LogP contribution < -0.4 is 0 Å². The van der Waals surface area contributed by atoms with E-state index in [0.29, 0.717) is 52.4 Å². The monoisotopic (exact) mass is 904 g/mol. The molecule has 0 fully saturated rings. The van der Waals surface area contributed by atoms with Crippen LogP contribution in [0.2, 0.25) is 0 Å². The molecule has 8 aromatic rings. The summed E-state index contributed by atoms with van der Waals surface area (Å²) in [5.41, 5.74) is 7.95. The van der Waals surface area contributed by atoms with Gasteiger partial charge in [-0.3, -0.25) is 39.9 Å². The second kappa shape index (κ2) is 32.8. The molecule has 8 rings (SSSR count). The molecule has 0 unspecified atom stereocenters. The molecular formula is C48H48Fe2N12. The zero-order chi connectivity index (χ0) is 41.4. The van der Waals surface area contributed by atoms with Crippen molar-refractivity contribution in [2.24, 2.45) is 0 Å². The van der Waals surface area contributed by atoms with Gasteiger partial charge in [0, 0.05) is 95.1 Å². The Hall–Kier alpha value is -5.92. The van der Waals surface area contributed by atoms with E-state index in [1.807, 2.05) is 146 Å². The van der Waals surface area contributed by atoms with Gasteiger partial charge in [-0.15, -0.1) is 52.4 Å². The van der Waals surface area contributed by atoms with E-state index in [0.717, 1.165) is 45.6 Å². The summed E-state index contributed by atoms with van der Waals surface area (Å²) in [6, 6.07) is 46.8. The molecule has 0 aliphatic rings. The number of hydrogen-bond acceptors (Lipinski definition) is 8. The molecule has 62 heavy (non-hydrogen) atoms.